The van der Waals surface area contributed by atoms with E-state index in [2.05, 4.69) is 25.5 Å². The van der Waals surface area contributed by atoms with Crippen LogP contribution in [0.25, 0.3) is 0 Å². The Labute approximate surface area is 146 Å². The predicted molar refractivity (Wildman–Crippen MR) is 96.9 cm³/mol. The van der Waals surface area contributed by atoms with Crippen LogP contribution in [0.4, 0.5) is 17.2 Å². The van der Waals surface area contributed by atoms with Gasteiger partial charge in [0, 0.05) is 20.0 Å². The summed E-state index contributed by atoms with van der Waals surface area (Å²) in [6, 6.07) is 5.44. The van der Waals surface area contributed by atoms with Crippen LogP contribution in [0.1, 0.15) is 35.8 Å². The first kappa shape index (κ1) is 16.9. The summed E-state index contributed by atoms with van der Waals surface area (Å²) in [7, 11) is 0. The molecule has 1 aromatic heterocycles. The minimum Gasteiger partial charge on any atom is -0.355 e. The first-order valence-electron chi connectivity index (χ1n) is 8.29. The highest BCUT2D eigenvalue weighted by Crippen LogP contribution is 2.24. The number of hydrogen-bond acceptors (Lipinski definition) is 5. The highest BCUT2D eigenvalue weighted by atomic mass is 16.2. The second kappa shape index (κ2) is 7.29. The average molecular weight is 339 g/mol. The Morgan fingerprint density at radius 2 is 1.84 bits per heavy atom. The molecule has 1 saturated heterocycles. The number of carbonyl (C=O) groups is 2. The van der Waals surface area contributed by atoms with Gasteiger partial charge in [-0.2, -0.15) is 0 Å². The number of aromatic nitrogens is 2. The minimum atomic E-state index is -0.356. The molecule has 130 valence electrons. The molecule has 2 aromatic rings. The largest absolute Gasteiger partial charge is 0.355 e. The first-order chi connectivity index (χ1) is 12.0. The van der Waals surface area contributed by atoms with Crippen molar-refractivity contribution in [3.05, 3.63) is 41.9 Å². The number of nitrogens with zero attached hydrogens (tertiary/aromatic N) is 3. The molecule has 2 amide bonds. The van der Waals surface area contributed by atoms with Gasteiger partial charge in [-0.15, -0.1) is 0 Å². The molecule has 0 aliphatic carbocycles. The van der Waals surface area contributed by atoms with Crippen molar-refractivity contribution in [3.63, 3.8) is 0 Å². The van der Waals surface area contributed by atoms with Crippen LogP contribution in [0, 0.1) is 6.92 Å². The van der Waals surface area contributed by atoms with Gasteiger partial charge in [-0.25, -0.2) is 4.98 Å². The van der Waals surface area contributed by atoms with E-state index in [0.29, 0.717) is 11.4 Å². The van der Waals surface area contributed by atoms with Crippen LogP contribution in [0.15, 0.2) is 30.6 Å². The molecule has 2 heterocycles. The number of rotatable bonds is 4. The van der Waals surface area contributed by atoms with Crippen LogP contribution in [-0.2, 0) is 4.79 Å². The Balaban J connectivity index is 1.81. The lowest BCUT2D eigenvalue weighted by Crippen LogP contribution is -2.22. The summed E-state index contributed by atoms with van der Waals surface area (Å²) in [5.41, 5.74) is 2.31. The molecular weight excluding hydrogens is 318 g/mol. The highest BCUT2D eigenvalue weighted by Gasteiger charge is 2.17. The summed E-state index contributed by atoms with van der Waals surface area (Å²) < 4.78 is 0. The fourth-order valence-electron chi connectivity index (χ4n) is 2.81. The number of nitrogens with one attached hydrogen (secondary N) is 2. The smallest absolute Gasteiger partial charge is 0.276 e. The maximum absolute atomic E-state index is 12.6. The van der Waals surface area contributed by atoms with Gasteiger partial charge >= 0.3 is 0 Å². The number of carbonyl (C=O) groups excluding carboxylic acids is 2. The Kier molecular flexibility index (Phi) is 4.92. The van der Waals surface area contributed by atoms with E-state index in [1.54, 1.807) is 18.3 Å². The second-order valence-corrected chi connectivity index (χ2v) is 6.14. The quantitative estimate of drug-likeness (QED) is 0.894. The topological polar surface area (TPSA) is 87.2 Å². The second-order valence-electron chi connectivity index (χ2n) is 6.14. The Morgan fingerprint density at radius 3 is 2.56 bits per heavy atom. The molecule has 2 N–H and O–H groups in total. The van der Waals surface area contributed by atoms with Crippen molar-refractivity contribution in [1.29, 1.82) is 0 Å². The van der Waals surface area contributed by atoms with Gasteiger partial charge in [-0.05, 0) is 37.5 Å². The maximum Gasteiger partial charge on any atom is 0.276 e. The van der Waals surface area contributed by atoms with E-state index in [0.717, 1.165) is 37.3 Å². The number of amides is 2. The van der Waals surface area contributed by atoms with Gasteiger partial charge < -0.3 is 15.5 Å². The molecule has 1 aliphatic rings. The van der Waals surface area contributed by atoms with Crippen molar-refractivity contribution in [3.8, 4) is 0 Å². The molecule has 1 aliphatic heterocycles. The first-order valence-corrected chi connectivity index (χ1v) is 8.29. The molecule has 3 rings (SSSR count). The molecular formula is C18H21N5O2. The summed E-state index contributed by atoms with van der Waals surface area (Å²) in [4.78, 5) is 34.6. The number of aryl methyl sites for hydroxylation is 1. The van der Waals surface area contributed by atoms with E-state index in [-0.39, 0.29) is 17.5 Å². The van der Waals surface area contributed by atoms with Crippen molar-refractivity contribution in [2.24, 2.45) is 0 Å². The molecule has 1 aromatic carbocycles. The number of anilines is 3. The molecule has 1 fully saturated rings. The molecule has 0 radical (unpaired) electrons. The van der Waals surface area contributed by atoms with Crippen molar-refractivity contribution >= 4 is 29.0 Å². The van der Waals surface area contributed by atoms with Crippen LogP contribution in [0.3, 0.4) is 0 Å². The fraction of sp³-hybridized carbons (Fsp3) is 0.333. The van der Waals surface area contributed by atoms with E-state index in [9.17, 15) is 9.59 Å². The van der Waals surface area contributed by atoms with Gasteiger partial charge in [0.05, 0.1) is 23.8 Å². The maximum atomic E-state index is 12.6. The van der Waals surface area contributed by atoms with Gasteiger partial charge in [0.1, 0.15) is 11.5 Å². The molecule has 0 unspecified atom stereocenters. The molecule has 0 atom stereocenters. The molecule has 0 spiro atoms. The Hall–Kier alpha value is -2.96. The fourth-order valence-corrected chi connectivity index (χ4v) is 2.81. The average Bonchev–Trinajstić information content (AvgIpc) is 3.12. The van der Waals surface area contributed by atoms with Gasteiger partial charge in [0.25, 0.3) is 5.91 Å². The molecule has 7 nitrogen and oxygen atoms in total. The van der Waals surface area contributed by atoms with Gasteiger partial charge in [0.2, 0.25) is 5.91 Å². The van der Waals surface area contributed by atoms with Gasteiger partial charge in [0.15, 0.2) is 0 Å². The SMILES string of the molecule is CC(=O)Nc1ccc(C)cc1NC(=O)c1cncc(N2CCCC2)n1. The lowest BCUT2D eigenvalue weighted by molar-refractivity contribution is -0.114. The summed E-state index contributed by atoms with van der Waals surface area (Å²) in [6.07, 6.45) is 5.38. The van der Waals surface area contributed by atoms with Crippen LogP contribution in [0.2, 0.25) is 0 Å². The van der Waals surface area contributed by atoms with Crippen molar-refractivity contribution in [1.82, 2.24) is 9.97 Å². The highest BCUT2D eigenvalue weighted by molar-refractivity contribution is 6.06. The lowest BCUT2D eigenvalue weighted by Gasteiger charge is -2.16. The van der Waals surface area contributed by atoms with E-state index in [1.165, 1.54) is 13.1 Å². The zero-order valence-corrected chi connectivity index (χ0v) is 14.4. The Morgan fingerprint density at radius 1 is 1.08 bits per heavy atom. The third kappa shape index (κ3) is 4.12. The van der Waals surface area contributed by atoms with E-state index in [1.807, 2.05) is 13.0 Å². The molecule has 0 bridgehead atoms. The summed E-state index contributed by atoms with van der Waals surface area (Å²) in [6.45, 7) is 5.21. The van der Waals surface area contributed by atoms with Crippen LogP contribution >= 0.6 is 0 Å². The van der Waals surface area contributed by atoms with Gasteiger partial charge in [-0.1, -0.05) is 6.07 Å². The van der Waals surface area contributed by atoms with Crippen molar-refractivity contribution < 1.29 is 9.59 Å². The predicted octanol–water partition coefficient (Wildman–Crippen LogP) is 2.60. The van der Waals surface area contributed by atoms with Crippen LogP contribution < -0.4 is 15.5 Å². The third-order valence-electron chi connectivity index (χ3n) is 4.02. The zero-order valence-electron chi connectivity index (χ0n) is 14.4. The summed E-state index contributed by atoms with van der Waals surface area (Å²) >= 11 is 0. The summed E-state index contributed by atoms with van der Waals surface area (Å²) in [5.74, 6) is 0.164. The van der Waals surface area contributed by atoms with Crippen molar-refractivity contribution in [2.45, 2.75) is 26.7 Å². The standard InChI is InChI=1S/C18H21N5O2/c1-12-5-6-14(20-13(2)24)15(9-12)22-18(25)16-10-19-11-17(21-16)23-7-3-4-8-23/h5-6,9-11H,3-4,7-8H2,1-2H3,(H,20,24)(H,22,25). The summed E-state index contributed by atoms with van der Waals surface area (Å²) in [5, 5.41) is 5.53. The van der Waals surface area contributed by atoms with Crippen LogP contribution in [-0.4, -0.2) is 34.9 Å². The van der Waals surface area contributed by atoms with Crippen LogP contribution in [0.5, 0.6) is 0 Å². The normalized spacial score (nSPS) is 13.6. The minimum absolute atomic E-state index is 0.199. The molecule has 0 saturated carbocycles. The lowest BCUT2D eigenvalue weighted by atomic mass is 10.2. The van der Waals surface area contributed by atoms with E-state index in [4.69, 9.17) is 0 Å². The Bertz CT molecular complexity index is 800. The number of hydrogen-bond donors (Lipinski definition) is 2. The van der Waals surface area contributed by atoms with Gasteiger partial charge in [-0.3, -0.25) is 14.6 Å². The van der Waals surface area contributed by atoms with E-state index >= 15 is 0 Å². The number of benzene rings is 1. The van der Waals surface area contributed by atoms with E-state index < -0.39 is 0 Å². The zero-order chi connectivity index (χ0) is 17.8. The van der Waals surface area contributed by atoms with Crippen molar-refractivity contribution in [2.75, 3.05) is 28.6 Å². The monoisotopic (exact) mass is 339 g/mol. The molecule has 7 heteroatoms. The third-order valence-corrected chi connectivity index (χ3v) is 4.02. The molecule has 25 heavy (non-hydrogen) atoms.